The first-order valence-electron chi connectivity index (χ1n) is 3.84. The second-order valence-corrected chi connectivity index (χ2v) is 8.19. The number of aromatic nitrogens is 1. The van der Waals surface area contributed by atoms with E-state index in [-0.39, 0.29) is 105 Å². The van der Waals surface area contributed by atoms with E-state index in [9.17, 15) is 23.8 Å². The fourth-order valence-corrected chi connectivity index (χ4v) is 4.46. The minimum atomic E-state index is -5.47. The molecule has 0 aliphatic rings. The van der Waals surface area contributed by atoms with Crippen LogP contribution in [0, 0.1) is 0 Å². The van der Waals surface area contributed by atoms with E-state index in [1.54, 1.807) is 0 Å². The van der Waals surface area contributed by atoms with Crippen molar-refractivity contribution in [1.82, 2.24) is 4.98 Å². The van der Waals surface area contributed by atoms with Crippen molar-refractivity contribution in [2.24, 2.45) is 0 Å². The normalized spacial score (nSPS) is 14.9. The predicted octanol–water partition coefficient (Wildman–Crippen LogP) is -10.1. The molecule has 7 nitrogen and oxygen atoms in total. The van der Waals surface area contributed by atoms with Gasteiger partial charge in [0, 0.05) is 6.20 Å². The maximum absolute atomic E-state index is 10.7. The van der Waals surface area contributed by atoms with Crippen LogP contribution in [0.3, 0.4) is 0 Å². The minimum absolute atomic E-state index is 0. The monoisotopic (exact) mass is 351 g/mol. The molecule has 0 aliphatic heterocycles. The van der Waals surface area contributed by atoms with Crippen molar-refractivity contribution in [3.63, 3.8) is 0 Å². The van der Waals surface area contributed by atoms with Crippen LogP contribution >= 0.6 is 27.0 Å². The summed E-state index contributed by atoms with van der Waals surface area (Å²) in [5.41, 5.74) is 0. The Hall–Kier alpha value is 2.80. The van der Waals surface area contributed by atoms with E-state index >= 15 is 0 Å². The molecule has 19 heavy (non-hydrogen) atoms. The van der Waals surface area contributed by atoms with Crippen LogP contribution in [0.5, 0.6) is 0 Å². The zero-order valence-electron chi connectivity index (χ0n) is 10.6. The van der Waals surface area contributed by atoms with Gasteiger partial charge in [-0.3, -0.25) is 0 Å². The number of thioether (sulfide) groups is 1. The number of hydrogen-bond acceptors (Lipinski definition) is 7. The molecule has 0 aromatic carbocycles. The maximum Gasteiger partial charge on any atom is 1.00 e. The first-order valence-corrected chi connectivity index (χ1v) is 7.98. The molecule has 0 saturated heterocycles. The Kier molecular flexibility index (Phi) is 15.9. The summed E-state index contributed by atoms with van der Waals surface area (Å²) in [6.07, 6.45) is 1.30. The fraction of sp³-hybridized carbons (Fsp3) is 0.167. The van der Waals surface area contributed by atoms with Gasteiger partial charge in [-0.1, -0.05) is 17.8 Å². The Labute approximate surface area is 180 Å². The van der Waals surface area contributed by atoms with E-state index in [0.29, 0.717) is 0 Å². The van der Waals surface area contributed by atoms with Crippen molar-refractivity contribution in [3.8, 4) is 0 Å². The van der Waals surface area contributed by atoms with Gasteiger partial charge in [-0.15, -0.1) is 0 Å². The Morgan fingerprint density at radius 1 is 1.16 bits per heavy atom. The molecule has 1 heterocycles. The molecular formula is C6H6NNa3O6P2S. The zero-order chi connectivity index (χ0) is 12.4. The SMILES string of the molecule is O=P([O-])([O-])C(Sc1ccccn1)P(=O)([O-])O.[Na+].[Na+].[Na+]. The summed E-state index contributed by atoms with van der Waals surface area (Å²) in [7, 11) is -10.7. The predicted molar refractivity (Wildman–Crippen MR) is 51.3 cm³/mol. The molecule has 0 bridgehead atoms. The minimum Gasteiger partial charge on any atom is -0.810 e. The molecule has 0 aliphatic carbocycles. The van der Waals surface area contributed by atoms with E-state index < -0.39 is 19.9 Å². The van der Waals surface area contributed by atoms with Crippen molar-refractivity contribution in [1.29, 1.82) is 0 Å². The number of rotatable bonds is 4. The van der Waals surface area contributed by atoms with Gasteiger partial charge in [-0.25, -0.2) is 4.98 Å². The first kappa shape index (κ1) is 26.7. The van der Waals surface area contributed by atoms with Gasteiger partial charge >= 0.3 is 88.7 Å². The van der Waals surface area contributed by atoms with Crippen molar-refractivity contribution >= 4 is 27.0 Å². The zero-order valence-corrected chi connectivity index (χ0v) is 19.2. The number of pyridine rings is 1. The molecule has 0 spiro atoms. The summed E-state index contributed by atoms with van der Waals surface area (Å²) in [4.78, 5) is 44.4. The molecule has 2 atom stereocenters. The second kappa shape index (κ2) is 11.4. The quantitative estimate of drug-likeness (QED) is 0.321. The van der Waals surface area contributed by atoms with Crippen molar-refractivity contribution < 1.29 is 117 Å². The van der Waals surface area contributed by atoms with E-state index in [2.05, 4.69) is 4.98 Å². The molecule has 0 saturated carbocycles. The van der Waals surface area contributed by atoms with Crippen LogP contribution in [0.2, 0.25) is 0 Å². The summed E-state index contributed by atoms with van der Waals surface area (Å²) in [6.45, 7) is 0. The van der Waals surface area contributed by atoms with Crippen LogP contribution in [-0.4, -0.2) is 14.6 Å². The van der Waals surface area contributed by atoms with Crippen LogP contribution in [0.4, 0.5) is 0 Å². The van der Waals surface area contributed by atoms with E-state index in [4.69, 9.17) is 4.89 Å². The Morgan fingerprint density at radius 2 is 1.68 bits per heavy atom. The molecule has 1 N–H and O–H groups in total. The van der Waals surface area contributed by atoms with Gasteiger partial charge in [-0.2, -0.15) is 0 Å². The average molecular weight is 351 g/mol. The molecule has 0 fully saturated rings. The standard InChI is InChI=1S/C6H9NO6P2S.3Na/c8-14(9,10)6(15(11,12)13)16-5-3-1-2-4-7-5;;;/h1-4,6H,(H2,8,9,10)(H2,11,12,13);;;/q;3*+1/p-3. The van der Waals surface area contributed by atoms with Gasteiger partial charge in [0.2, 0.25) is 0 Å². The molecule has 1 aromatic heterocycles. The molecule has 13 heteroatoms. The fourth-order valence-electron chi connectivity index (χ4n) is 0.835. The third-order valence-electron chi connectivity index (χ3n) is 1.41. The summed E-state index contributed by atoms with van der Waals surface area (Å²) in [6, 6.07) is 4.34. The molecule has 1 rings (SSSR count). The van der Waals surface area contributed by atoms with Gasteiger partial charge < -0.3 is 28.7 Å². The van der Waals surface area contributed by atoms with Gasteiger partial charge in [0.25, 0.3) is 0 Å². The molecule has 90 valence electrons. The molecule has 0 amide bonds. The van der Waals surface area contributed by atoms with Crippen LogP contribution in [-0.2, 0) is 9.13 Å². The van der Waals surface area contributed by atoms with Crippen LogP contribution < -0.4 is 103 Å². The Morgan fingerprint density at radius 3 is 2.00 bits per heavy atom. The van der Waals surface area contributed by atoms with E-state index in [0.717, 1.165) is 0 Å². The Bertz CT molecular complexity index is 432. The molecule has 2 unspecified atom stereocenters. The van der Waals surface area contributed by atoms with E-state index in [1.165, 1.54) is 24.4 Å². The van der Waals surface area contributed by atoms with Crippen LogP contribution in [0.25, 0.3) is 0 Å². The molecule has 1 aromatic rings. The van der Waals surface area contributed by atoms with Gasteiger partial charge in [0.15, 0.2) is 7.60 Å². The maximum atomic E-state index is 10.7. The largest absolute Gasteiger partial charge is 1.00 e. The Balaban J connectivity index is -0.000000853. The molecule has 0 radical (unpaired) electrons. The third kappa shape index (κ3) is 10.2. The summed E-state index contributed by atoms with van der Waals surface area (Å²) in [5, 5.41) is 0.0181. The second-order valence-electron chi connectivity index (χ2n) is 2.72. The van der Waals surface area contributed by atoms with Gasteiger partial charge in [0.05, 0.1) is 5.03 Å². The number of nitrogens with zero attached hydrogens (tertiary/aromatic N) is 1. The smallest absolute Gasteiger partial charge is 0.810 e. The van der Waals surface area contributed by atoms with Crippen molar-refractivity contribution in [2.45, 2.75) is 9.76 Å². The van der Waals surface area contributed by atoms with Crippen molar-refractivity contribution in [3.05, 3.63) is 24.4 Å². The summed E-state index contributed by atoms with van der Waals surface area (Å²) in [5.74, 6) is 0. The van der Waals surface area contributed by atoms with E-state index in [1.807, 2.05) is 0 Å². The van der Waals surface area contributed by atoms with Gasteiger partial charge in [0.1, 0.15) is 4.73 Å². The summed E-state index contributed by atoms with van der Waals surface area (Å²) < 4.78 is 19.0. The molecular weight excluding hydrogens is 345 g/mol. The van der Waals surface area contributed by atoms with Crippen molar-refractivity contribution in [2.75, 3.05) is 0 Å². The summed E-state index contributed by atoms with van der Waals surface area (Å²) >= 11 is 0.178. The first-order chi connectivity index (χ1) is 7.21. The third-order valence-corrected chi connectivity index (χ3v) is 7.14. The van der Waals surface area contributed by atoms with Gasteiger partial charge in [-0.05, 0) is 19.7 Å². The topological polar surface area (TPSA) is 136 Å². The van der Waals surface area contributed by atoms with Crippen LogP contribution in [0.1, 0.15) is 0 Å². The van der Waals surface area contributed by atoms with Crippen LogP contribution in [0.15, 0.2) is 29.4 Å². The number of hydrogen-bond donors (Lipinski definition) is 1. The average Bonchev–Trinajstić information content (AvgIpc) is 2.12.